The van der Waals surface area contributed by atoms with Gasteiger partial charge in [-0.1, -0.05) is 0 Å². The molecule has 24 heteroatoms. The number of carbonyl (C=O) groups is 3. The molecule has 9 aromatic rings. The van der Waals surface area contributed by atoms with E-state index in [1.165, 1.54) is 104 Å². The van der Waals surface area contributed by atoms with E-state index < -0.39 is 129 Å². The first-order valence-electron chi connectivity index (χ1n) is 35.8. The van der Waals surface area contributed by atoms with Gasteiger partial charge in [0.2, 0.25) is 0 Å². The maximum atomic E-state index is 14.4. The summed E-state index contributed by atoms with van der Waals surface area (Å²) in [6, 6.07) is 1.17. The first-order chi connectivity index (χ1) is 47.5. The van der Waals surface area contributed by atoms with Crippen LogP contribution in [0.15, 0.2) is 92.2 Å². The van der Waals surface area contributed by atoms with Crippen molar-refractivity contribution in [3.05, 3.63) is 160 Å². The van der Waals surface area contributed by atoms with Crippen LogP contribution in [0.5, 0.6) is 0 Å². The van der Waals surface area contributed by atoms with Crippen LogP contribution in [0.1, 0.15) is 186 Å². The second-order valence-electron chi connectivity index (χ2n) is 20.3. The molecule has 3 saturated heterocycles. The number of pyridine rings is 3. The molecule has 15 rings (SSSR count). The zero-order valence-corrected chi connectivity index (χ0v) is 44.9. The molecule has 0 spiro atoms. The fourth-order valence-electron chi connectivity index (χ4n) is 10.7. The molecule has 21 nitrogen and oxygen atoms in total. The molecule has 6 bridgehead atoms. The Morgan fingerprint density at radius 2 is 0.762 bits per heavy atom. The van der Waals surface area contributed by atoms with Crippen LogP contribution >= 0.6 is 0 Å². The predicted octanol–water partition coefficient (Wildman–Crippen LogP) is 8.01. The topological polar surface area (TPSA) is 226 Å². The Labute approximate surface area is 506 Å². The van der Waals surface area contributed by atoms with Crippen molar-refractivity contribution in [3.63, 3.8) is 0 Å². The number of hydrogen-bond donors (Lipinski definition) is 3. The summed E-state index contributed by atoms with van der Waals surface area (Å²) in [6.45, 7) is -1.78. The zero-order chi connectivity index (χ0) is 73.9. The van der Waals surface area contributed by atoms with Gasteiger partial charge < -0.3 is 30.7 Å². The molecule has 84 heavy (non-hydrogen) atoms. The van der Waals surface area contributed by atoms with Crippen molar-refractivity contribution in [1.29, 1.82) is 0 Å². The van der Waals surface area contributed by atoms with Crippen LogP contribution in [0, 0.1) is 17.5 Å². The van der Waals surface area contributed by atoms with E-state index in [0.717, 1.165) is 36.8 Å². The predicted molar refractivity (Wildman–Crippen MR) is 305 cm³/mol. The lowest BCUT2D eigenvalue weighted by Gasteiger charge is -2.27. The van der Waals surface area contributed by atoms with E-state index in [-0.39, 0.29) is 123 Å². The maximum absolute atomic E-state index is 14.4. The maximum Gasteiger partial charge on any atom is 0.256 e. The fourth-order valence-corrected chi connectivity index (χ4v) is 10.7. The molecular formula is C60H63F3N18O3. The van der Waals surface area contributed by atoms with Crippen molar-refractivity contribution in [2.75, 3.05) is 34.2 Å². The van der Waals surface area contributed by atoms with Crippen molar-refractivity contribution >= 4 is 52.1 Å². The van der Waals surface area contributed by atoms with Gasteiger partial charge in [-0.2, -0.15) is 15.3 Å². The molecule has 6 aliphatic heterocycles. The minimum Gasteiger partial charge on any atom is -0.349 e. The lowest BCUT2D eigenvalue weighted by atomic mass is 9.98. The van der Waals surface area contributed by atoms with Crippen LogP contribution in [-0.2, 0) is 19.1 Å². The van der Waals surface area contributed by atoms with E-state index in [1.807, 2.05) is 0 Å². The molecular weight excluding hydrogens is 1080 g/mol. The van der Waals surface area contributed by atoms with Gasteiger partial charge in [-0.3, -0.25) is 29.3 Å². The summed E-state index contributed by atoms with van der Waals surface area (Å²) in [7, 11) is 0. The van der Waals surface area contributed by atoms with Crippen molar-refractivity contribution in [2.45, 2.75) is 134 Å². The molecule has 0 radical (unpaired) electrons. The van der Waals surface area contributed by atoms with Gasteiger partial charge in [0.25, 0.3) is 17.7 Å². The Bertz CT molecular complexity index is 4420. The van der Waals surface area contributed by atoms with Crippen LogP contribution in [0.4, 0.5) is 30.6 Å². The Kier molecular flexibility index (Phi) is 9.99. The Balaban J connectivity index is 0.000000137. The molecule has 432 valence electrons. The van der Waals surface area contributed by atoms with Crippen LogP contribution in [0.3, 0.4) is 0 Å². The lowest BCUT2D eigenvalue weighted by molar-refractivity contribution is 0.0931. The van der Waals surface area contributed by atoms with Gasteiger partial charge in [0, 0.05) is 98.0 Å². The molecule has 0 aromatic carbocycles. The zero-order valence-electron chi connectivity index (χ0n) is 62.9. The molecule has 15 heterocycles. The largest absolute Gasteiger partial charge is 0.349 e. The van der Waals surface area contributed by atoms with Crippen LogP contribution in [0.2, 0.25) is 0 Å². The Morgan fingerprint density at radius 3 is 1.06 bits per heavy atom. The molecule has 3 amide bonds. The van der Waals surface area contributed by atoms with E-state index in [4.69, 9.17) is 24.7 Å². The van der Waals surface area contributed by atoms with Crippen molar-refractivity contribution in [2.24, 2.45) is 0 Å². The van der Waals surface area contributed by atoms with Gasteiger partial charge in [0.05, 0.1) is 55.3 Å². The quantitative estimate of drug-likeness (QED) is 0.131. The highest BCUT2D eigenvalue weighted by molar-refractivity contribution is 6.01. The molecule has 9 aromatic heterocycles. The third-order valence-electron chi connectivity index (χ3n) is 14.6. The Morgan fingerprint density at radius 1 is 0.464 bits per heavy atom. The summed E-state index contributed by atoms with van der Waals surface area (Å²) in [5.74, 6) is -3.93. The number of rotatable bonds is 0. The van der Waals surface area contributed by atoms with E-state index >= 15 is 0 Å². The molecule has 6 atom stereocenters. The molecule has 1 unspecified atom stereocenters. The first kappa shape index (κ1) is 37.2. The van der Waals surface area contributed by atoms with Crippen molar-refractivity contribution in [1.82, 2.24) is 74.7 Å². The number of aryl methyl sites for hydroxylation is 3. The summed E-state index contributed by atoms with van der Waals surface area (Å²) in [6.07, 6.45) is -4.83. The normalized spacial score (nSPS) is 30.8. The number of amides is 3. The lowest BCUT2D eigenvalue weighted by Crippen LogP contribution is -2.33. The summed E-state index contributed by atoms with van der Waals surface area (Å²) in [4.78, 5) is 68.3. The summed E-state index contributed by atoms with van der Waals surface area (Å²) in [5, 5.41) is 19.8. The van der Waals surface area contributed by atoms with Gasteiger partial charge in [0.15, 0.2) is 16.9 Å². The van der Waals surface area contributed by atoms with Gasteiger partial charge in [-0.15, -0.1) is 0 Å². The average Bonchev–Trinajstić information content (AvgIpc) is 1.46. The average molecular weight is 1160 g/mol. The molecule has 0 aliphatic carbocycles. The van der Waals surface area contributed by atoms with Gasteiger partial charge >= 0.3 is 0 Å². The van der Waals surface area contributed by atoms with Crippen LogP contribution in [-0.4, -0.2) is 114 Å². The monoisotopic (exact) mass is 1160 g/mol. The van der Waals surface area contributed by atoms with E-state index in [2.05, 4.69) is 61.2 Å². The number of anilines is 3. The van der Waals surface area contributed by atoms with Crippen molar-refractivity contribution < 1.29 is 52.2 Å². The standard InChI is InChI=1S/3C20H21FN6O/c3*1-12-4-5-16-14(9-13(21)10-22-16)17-3-2-7-26(17)18-6-8-27-19(25-18)15(11-23-27)20(28)24-12/h3*6,8-12,17H,2-5,7H2,1H3,(H,24,28)/t12-,17?;12-,17+;12-,17-/m111/s1/i3*4D2,5D2,7D2. The van der Waals surface area contributed by atoms with Gasteiger partial charge in [0.1, 0.15) is 51.6 Å². The van der Waals surface area contributed by atoms with Crippen LogP contribution < -0.4 is 30.7 Å². The fraction of sp³-hybridized carbons (Fsp3) is 0.400. The highest BCUT2D eigenvalue weighted by Crippen LogP contribution is 2.41. The molecule has 3 N–H and O–H groups in total. The minimum absolute atomic E-state index is 0.0299. The van der Waals surface area contributed by atoms with Crippen LogP contribution in [0.25, 0.3) is 16.9 Å². The summed E-state index contributed by atoms with van der Waals surface area (Å²) < 4.78 is 203. The Hall–Kier alpha value is -9.09. The number of carbonyl (C=O) groups excluding carboxylic acids is 3. The first-order valence-corrected chi connectivity index (χ1v) is 26.8. The highest BCUT2D eigenvalue weighted by Gasteiger charge is 2.35. The number of fused-ring (bicyclic) bond motifs is 15. The molecule has 3 fully saturated rings. The number of nitrogens with zero attached hydrogens (tertiary/aromatic N) is 15. The third kappa shape index (κ3) is 10.6. The third-order valence-corrected chi connectivity index (χ3v) is 14.6. The second kappa shape index (κ2) is 22.6. The number of nitrogens with one attached hydrogen (secondary N) is 3. The summed E-state index contributed by atoms with van der Waals surface area (Å²) in [5.41, 5.74) is -0.484. The number of halogens is 3. The van der Waals surface area contributed by atoms with Crippen molar-refractivity contribution in [3.8, 4) is 0 Å². The van der Waals surface area contributed by atoms with Gasteiger partial charge in [-0.25, -0.2) is 41.7 Å². The number of hydrogen-bond acceptors (Lipinski definition) is 15. The SMILES string of the molecule is [2H]C1([2H])CCC2c3cc(F)cnc3C([2H])([2H])C([2H])([2H])[C@@H](C)NC(=O)c3cnn4ccc(nc34)N21.[2H]C1([2H])CC[C@@H]2c3cc(F)cnc3C([2H])([2H])C([2H])([2H])[C@@H](C)NC(=O)c3cnn4ccc(nc34)N21.[2H]C1([2H])CC[C@H]2c3cc(F)cnc3C([2H])([2H])C([2H])([2H])[C@@H](C)NC(=O)c3cnn4ccc(nc34)N21. The van der Waals surface area contributed by atoms with E-state index in [1.54, 1.807) is 0 Å². The van der Waals surface area contributed by atoms with E-state index in [0.29, 0.717) is 0 Å². The highest BCUT2D eigenvalue weighted by atomic mass is 19.1. The minimum atomic E-state index is -2.77. The summed E-state index contributed by atoms with van der Waals surface area (Å²) >= 11 is 0. The smallest absolute Gasteiger partial charge is 0.256 e. The van der Waals surface area contributed by atoms with E-state index in [9.17, 15) is 27.6 Å². The van der Waals surface area contributed by atoms with Gasteiger partial charge in [-0.05, 0) is 151 Å². The number of aromatic nitrogens is 12. The molecule has 6 aliphatic rings. The molecule has 0 saturated carbocycles. The second-order valence-corrected chi connectivity index (χ2v) is 20.3.